The molecule has 2 N–H and O–H groups in total. The van der Waals surface area contributed by atoms with Gasteiger partial charge in [0.25, 0.3) is 0 Å². The molecule has 0 radical (unpaired) electrons. The lowest BCUT2D eigenvalue weighted by Gasteiger charge is -2.11. The number of methoxy groups -OCH3 is 1. The molecule has 1 rings (SSSR count). The van der Waals surface area contributed by atoms with E-state index in [1.54, 1.807) is 12.1 Å². The molecular formula is C19H31FIN3O2. The molecule has 7 heteroatoms. The lowest BCUT2D eigenvalue weighted by Crippen LogP contribution is -2.38. The first-order valence-corrected chi connectivity index (χ1v) is 8.99. The topological polar surface area (TPSA) is 62.7 Å². The van der Waals surface area contributed by atoms with Crippen LogP contribution in [0.4, 0.5) is 4.39 Å². The molecule has 1 aromatic carbocycles. The zero-order chi connectivity index (χ0) is 18.3. The molecule has 0 saturated heterocycles. The fourth-order valence-electron chi connectivity index (χ4n) is 2.39. The van der Waals surface area contributed by atoms with Gasteiger partial charge in [-0.25, -0.2) is 4.39 Å². The van der Waals surface area contributed by atoms with Crippen molar-refractivity contribution in [1.29, 1.82) is 0 Å². The van der Waals surface area contributed by atoms with E-state index in [4.69, 9.17) is 0 Å². The first-order valence-electron chi connectivity index (χ1n) is 8.99. The van der Waals surface area contributed by atoms with Gasteiger partial charge in [0.05, 0.1) is 7.11 Å². The maximum absolute atomic E-state index is 13.6. The Balaban J connectivity index is 0.00000625. The summed E-state index contributed by atoms with van der Waals surface area (Å²) in [6, 6.07) is 6.82. The Morgan fingerprint density at radius 3 is 2.58 bits per heavy atom. The first-order chi connectivity index (χ1) is 12.2. The van der Waals surface area contributed by atoms with E-state index in [1.165, 1.54) is 13.2 Å². The Labute approximate surface area is 173 Å². The van der Waals surface area contributed by atoms with E-state index in [1.807, 2.05) is 13.0 Å². The fourth-order valence-corrected chi connectivity index (χ4v) is 2.39. The highest BCUT2D eigenvalue weighted by atomic mass is 127. The number of halogens is 2. The van der Waals surface area contributed by atoms with Crippen LogP contribution in [0.3, 0.4) is 0 Å². The Morgan fingerprint density at radius 2 is 1.88 bits per heavy atom. The highest BCUT2D eigenvalue weighted by molar-refractivity contribution is 14.0. The molecule has 0 fully saturated rings. The molecule has 26 heavy (non-hydrogen) atoms. The second-order valence-corrected chi connectivity index (χ2v) is 5.77. The molecule has 0 aromatic heterocycles. The summed E-state index contributed by atoms with van der Waals surface area (Å²) in [7, 11) is 1.42. The normalized spacial score (nSPS) is 10.8. The van der Waals surface area contributed by atoms with Crippen LogP contribution in [0, 0.1) is 5.82 Å². The zero-order valence-corrected chi connectivity index (χ0v) is 18.1. The molecule has 0 heterocycles. The van der Waals surface area contributed by atoms with Crippen LogP contribution in [-0.4, -0.2) is 38.7 Å². The smallest absolute Gasteiger partial charge is 0.305 e. The predicted molar refractivity (Wildman–Crippen MR) is 115 cm³/mol. The first kappa shape index (κ1) is 24.6. The number of hydrogen-bond donors (Lipinski definition) is 2. The van der Waals surface area contributed by atoms with Gasteiger partial charge in [-0.15, -0.1) is 24.0 Å². The molecular weight excluding hydrogens is 448 g/mol. The number of rotatable bonds is 11. The van der Waals surface area contributed by atoms with E-state index in [-0.39, 0.29) is 35.8 Å². The van der Waals surface area contributed by atoms with Gasteiger partial charge in [0.15, 0.2) is 5.96 Å². The molecule has 0 unspecified atom stereocenters. The molecule has 0 aliphatic carbocycles. The van der Waals surface area contributed by atoms with E-state index >= 15 is 0 Å². The van der Waals surface area contributed by atoms with Gasteiger partial charge in [0.2, 0.25) is 0 Å². The van der Waals surface area contributed by atoms with Crippen LogP contribution < -0.4 is 10.6 Å². The minimum atomic E-state index is -0.168. The van der Waals surface area contributed by atoms with Gasteiger partial charge >= 0.3 is 5.97 Å². The molecule has 148 valence electrons. The predicted octanol–water partition coefficient (Wildman–Crippen LogP) is 3.66. The second kappa shape index (κ2) is 15.8. The van der Waals surface area contributed by atoms with Crippen molar-refractivity contribution in [2.24, 2.45) is 4.99 Å². The number of ether oxygens (including phenoxy) is 1. The van der Waals surface area contributed by atoms with Gasteiger partial charge in [0.1, 0.15) is 5.82 Å². The van der Waals surface area contributed by atoms with Gasteiger partial charge in [-0.2, -0.15) is 0 Å². The Kier molecular flexibility index (Phi) is 15.0. The number of carbonyl (C=O) groups excluding carboxylic acids is 1. The lowest BCUT2D eigenvalue weighted by molar-refractivity contribution is -0.140. The van der Waals surface area contributed by atoms with E-state index in [2.05, 4.69) is 20.4 Å². The number of unbranched alkanes of at least 4 members (excludes halogenated alkanes) is 3. The van der Waals surface area contributed by atoms with Crippen molar-refractivity contribution >= 4 is 35.9 Å². The average molecular weight is 479 g/mol. The lowest BCUT2D eigenvalue weighted by atomic mass is 10.1. The van der Waals surface area contributed by atoms with E-state index in [9.17, 15) is 9.18 Å². The quantitative estimate of drug-likeness (QED) is 0.167. The molecule has 0 atom stereocenters. The average Bonchev–Trinajstić information content (AvgIpc) is 2.62. The van der Waals surface area contributed by atoms with Crippen molar-refractivity contribution in [1.82, 2.24) is 10.6 Å². The largest absolute Gasteiger partial charge is 0.469 e. The van der Waals surface area contributed by atoms with Crippen LogP contribution >= 0.6 is 24.0 Å². The van der Waals surface area contributed by atoms with Crippen LogP contribution in [0.2, 0.25) is 0 Å². The number of nitrogens with zero attached hydrogens (tertiary/aromatic N) is 1. The zero-order valence-electron chi connectivity index (χ0n) is 15.7. The van der Waals surface area contributed by atoms with Gasteiger partial charge in [-0.3, -0.25) is 9.79 Å². The summed E-state index contributed by atoms with van der Waals surface area (Å²) in [5, 5.41) is 6.42. The number of benzene rings is 1. The van der Waals surface area contributed by atoms with Gasteiger partial charge in [-0.05, 0) is 37.8 Å². The second-order valence-electron chi connectivity index (χ2n) is 5.77. The summed E-state index contributed by atoms with van der Waals surface area (Å²) in [5.74, 6) is 0.443. The van der Waals surface area contributed by atoms with Crippen molar-refractivity contribution in [3.05, 3.63) is 35.6 Å². The maximum atomic E-state index is 13.6. The standard InChI is InChI=1S/C19H30FN3O2.HI/c1-3-21-19(22-14-9-5-4-6-12-18(24)25-2)23-15-13-16-10-7-8-11-17(16)20;/h7-8,10-11H,3-6,9,12-15H2,1-2H3,(H2,21,22,23);1H. The summed E-state index contributed by atoms with van der Waals surface area (Å²) in [6.07, 6.45) is 4.98. The number of aliphatic imine (C=N–C) groups is 1. The van der Waals surface area contributed by atoms with Crippen molar-refractivity contribution in [2.45, 2.75) is 45.4 Å². The highest BCUT2D eigenvalue weighted by Gasteiger charge is 2.02. The summed E-state index contributed by atoms with van der Waals surface area (Å²) < 4.78 is 18.2. The number of hydrogen-bond acceptors (Lipinski definition) is 3. The van der Waals surface area contributed by atoms with Crippen molar-refractivity contribution < 1.29 is 13.9 Å². The summed E-state index contributed by atoms with van der Waals surface area (Å²) in [4.78, 5) is 15.5. The number of guanidine groups is 1. The third-order valence-electron chi connectivity index (χ3n) is 3.78. The molecule has 1 aromatic rings. The van der Waals surface area contributed by atoms with Crippen LogP contribution in [0.15, 0.2) is 29.3 Å². The van der Waals surface area contributed by atoms with Crippen molar-refractivity contribution in [3.8, 4) is 0 Å². The van der Waals surface area contributed by atoms with Crippen LogP contribution in [0.25, 0.3) is 0 Å². The van der Waals surface area contributed by atoms with Crippen LogP contribution in [0.5, 0.6) is 0 Å². The third kappa shape index (κ3) is 11.3. The molecule has 5 nitrogen and oxygen atoms in total. The molecule has 0 aliphatic rings. The summed E-state index contributed by atoms with van der Waals surface area (Å²) >= 11 is 0. The van der Waals surface area contributed by atoms with Crippen molar-refractivity contribution in [2.75, 3.05) is 26.7 Å². The van der Waals surface area contributed by atoms with Gasteiger partial charge in [-0.1, -0.05) is 31.0 Å². The SMILES string of the molecule is CCNC(=NCCCCCCC(=O)OC)NCCc1ccccc1F.I. The third-order valence-corrected chi connectivity index (χ3v) is 3.78. The summed E-state index contributed by atoms with van der Waals surface area (Å²) in [5.41, 5.74) is 0.705. The number of carbonyl (C=O) groups is 1. The van der Waals surface area contributed by atoms with Crippen LogP contribution in [-0.2, 0) is 16.0 Å². The molecule has 0 aliphatic heterocycles. The fraction of sp³-hybridized carbons (Fsp3) is 0.579. The van der Waals surface area contributed by atoms with Crippen LogP contribution in [0.1, 0.15) is 44.6 Å². The monoisotopic (exact) mass is 479 g/mol. The van der Waals surface area contributed by atoms with Gasteiger partial charge in [0, 0.05) is 26.1 Å². The molecule has 0 saturated carbocycles. The number of esters is 1. The Hall–Kier alpha value is -1.38. The Morgan fingerprint density at radius 1 is 1.15 bits per heavy atom. The van der Waals surface area contributed by atoms with E-state index in [0.29, 0.717) is 24.9 Å². The molecule has 0 bridgehead atoms. The Bertz CT molecular complexity index is 541. The highest BCUT2D eigenvalue weighted by Crippen LogP contribution is 2.06. The van der Waals surface area contributed by atoms with E-state index < -0.39 is 0 Å². The maximum Gasteiger partial charge on any atom is 0.305 e. The minimum absolute atomic E-state index is 0. The number of nitrogens with one attached hydrogen (secondary N) is 2. The minimum Gasteiger partial charge on any atom is -0.469 e. The summed E-state index contributed by atoms with van der Waals surface area (Å²) in [6.45, 7) is 4.16. The van der Waals surface area contributed by atoms with Crippen molar-refractivity contribution in [3.63, 3.8) is 0 Å². The van der Waals surface area contributed by atoms with E-state index in [0.717, 1.165) is 44.7 Å². The molecule has 0 amide bonds. The molecule has 0 spiro atoms. The van der Waals surface area contributed by atoms with Gasteiger partial charge < -0.3 is 15.4 Å².